The molecule has 0 aliphatic carbocycles. The van der Waals surface area contributed by atoms with Gasteiger partial charge < -0.3 is 9.84 Å². The molecule has 0 bridgehead atoms. The van der Waals surface area contributed by atoms with Crippen LogP contribution in [-0.2, 0) is 6.18 Å². The summed E-state index contributed by atoms with van der Waals surface area (Å²) in [6.45, 7) is 0. The predicted octanol–water partition coefficient (Wildman–Crippen LogP) is 3.77. The van der Waals surface area contributed by atoms with Crippen LogP contribution in [-0.4, -0.2) is 23.4 Å². The maximum Gasteiger partial charge on any atom is 0.418 e. The van der Waals surface area contributed by atoms with Crippen LogP contribution in [0.2, 0.25) is 0 Å². The highest BCUT2D eigenvalue weighted by Crippen LogP contribution is 2.37. The van der Waals surface area contributed by atoms with Crippen molar-refractivity contribution >= 4 is 17.6 Å². The average Bonchev–Trinajstić information content (AvgIpc) is 2.55. The quantitative estimate of drug-likeness (QED) is 0.483. The molecule has 0 unspecified atom stereocenters. The summed E-state index contributed by atoms with van der Waals surface area (Å²) in [7, 11) is 1.41. The number of alkyl halides is 3. The number of hydrogen-bond donors (Lipinski definition) is 2. The van der Waals surface area contributed by atoms with Crippen LogP contribution < -0.4 is 10.2 Å². The van der Waals surface area contributed by atoms with E-state index in [4.69, 9.17) is 4.74 Å². The maximum atomic E-state index is 13.0. The van der Waals surface area contributed by atoms with Crippen molar-refractivity contribution in [3.8, 4) is 11.5 Å². The third-order valence-electron chi connectivity index (χ3n) is 3.14. The molecular weight excluding hydrogens is 343 g/mol. The SMILES string of the molecule is COc1ccc(O)c(/C=N\Nc2ccc([N+](=O)[O-])cc2C(F)(F)F)c1. The first-order valence-corrected chi connectivity index (χ1v) is 6.74. The van der Waals surface area contributed by atoms with E-state index in [-0.39, 0.29) is 11.3 Å². The number of hydrazone groups is 1. The second-order valence-corrected chi connectivity index (χ2v) is 4.78. The first kappa shape index (κ1) is 18.0. The highest BCUT2D eigenvalue weighted by molar-refractivity contribution is 5.84. The van der Waals surface area contributed by atoms with Crippen molar-refractivity contribution in [2.24, 2.45) is 5.10 Å². The summed E-state index contributed by atoms with van der Waals surface area (Å²) in [5.74, 6) is 0.275. The Hall–Kier alpha value is -3.30. The van der Waals surface area contributed by atoms with Gasteiger partial charge in [-0.25, -0.2) is 0 Å². The van der Waals surface area contributed by atoms with Gasteiger partial charge in [-0.3, -0.25) is 15.5 Å². The summed E-state index contributed by atoms with van der Waals surface area (Å²) in [4.78, 5) is 9.72. The van der Waals surface area contributed by atoms with Gasteiger partial charge in [-0.15, -0.1) is 0 Å². The summed E-state index contributed by atoms with van der Waals surface area (Å²) in [6, 6.07) is 6.52. The zero-order valence-corrected chi connectivity index (χ0v) is 12.7. The third kappa shape index (κ3) is 4.37. The van der Waals surface area contributed by atoms with Gasteiger partial charge in [0.05, 0.1) is 29.5 Å². The molecule has 0 aromatic heterocycles. The van der Waals surface area contributed by atoms with Crippen molar-refractivity contribution in [1.29, 1.82) is 0 Å². The fraction of sp³-hybridized carbons (Fsp3) is 0.133. The fourth-order valence-corrected chi connectivity index (χ4v) is 1.91. The molecule has 2 N–H and O–H groups in total. The van der Waals surface area contributed by atoms with Gasteiger partial charge in [-0.2, -0.15) is 18.3 Å². The number of aromatic hydroxyl groups is 1. The molecule has 0 radical (unpaired) electrons. The number of phenols is 1. The van der Waals surface area contributed by atoms with Crippen molar-refractivity contribution in [2.45, 2.75) is 6.18 Å². The van der Waals surface area contributed by atoms with E-state index in [2.05, 4.69) is 10.5 Å². The number of methoxy groups -OCH3 is 1. The molecule has 0 aliphatic heterocycles. The molecule has 0 fully saturated rings. The van der Waals surface area contributed by atoms with Gasteiger partial charge in [0.15, 0.2) is 0 Å². The largest absolute Gasteiger partial charge is 0.507 e. The topological polar surface area (TPSA) is 97.0 Å². The number of nitrogens with one attached hydrogen (secondary N) is 1. The molecule has 0 atom stereocenters. The van der Waals surface area contributed by atoms with E-state index in [9.17, 15) is 28.4 Å². The van der Waals surface area contributed by atoms with Crippen LogP contribution in [0.1, 0.15) is 11.1 Å². The Balaban J connectivity index is 2.30. The Bertz CT molecular complexity index is 822. The molecule has 132 valence electrons. The molecule has 2 aromatic carbocycles. The number of halogens is 3. The monoisotopic (exact) mass is 355 g/mol. The summed E-state index contributed by atoms with van der Waals surface area (Å²) in [6.07, 6.45) is -3.71. The zero-order valence-electron chi connectivity index (χ0n) is 12.7. The van der Waals surface area contributed by atoms with E-state index in [1.165, 1.54) is 25.3 Å². The number of nitro groups is 1. The van der Waals surface area contributed by atoms with Crippen molar-refractivity contribution in [2.75, 3.05) is 12.5 Å². The molecular formula is C15H12F3N3O4. The highest BCUT2D eigenvalue weighted by Gasteiger charge is 2.35. The van der Waals surface area contributed by atoms with Gasteiger partial charge in [0.1, 0.15) is 11.5 Å². The number of ether oxygens (including phenoxy) is 1. The van der Waals surface area contributed by atoms with Gasteiger partial charge in [0.2, 0.25) is 0 Å². The summed E-state index contributed by atoms with van der Waals surface area (Å²) in [5.41, 5.74) is 0.00744. The van der Waals surface area contributed by atoms with Gasteiger partial charge in [-0.05, 0) is 24.3 Å². The smallest absolute Gasteiger partial charge is 0.418 e. The number of hydrogen-bond acceptors (Lipinski definition) is 6. The van der Waals surface area contributed by atoms with E-state index in [1.54, 1.807) is 0 Å². The predicted molar refractivity (Wildman–Crippen MR) is 84.0 cm³/mol. The minimum Gasteiger partial charge on any atom is -0.507 e. The van der Waals surface area contributed by atoms with Gasteiger partial charge in [0.25, 0.3) is 5.69 Å². The maximum absolute atomic E-state index is 13.0. The van der Waals surface area contributed by atoms with Crippen LogP contribution in [0.25, 0.3) is 0 Å². The number of nitro benzene ring substituents is 1. The Morgan fingerprint density at radius 3 is 2.60 bits per heavy atom. The number of non-ortho nitro benzene ring substituents is 1. The molecule has 0 heterocycles. The molecule has 25 heavy (non-hydrogen) atoms. The Morgan fingerprint density at radius 2 is 2.00 bits per heavy atom. The molecule has 2 aromatic rings. The Labute approximate surface area is 139 Å². The number of benzene rings is 2. The van der Waals surface area contributed by atoms with Crippen LogP contribution in [0.15, 0.2) is 41.5 Å². The molecule has 0 saturated carbocycles. The summed E-state index contributed by atoms with van der Waals surface area (Å²) >= 11 is 0. The van der Waals surface area contributed by atoms with E-state index in [0.29, 0.717) is 11.8 Å². The Kier molecular flexibility index (Phi) is 5.11. The van der Waals surface area contributed by atoms with Crippen LogP contribution in [0.3, 0.4) is 0 Å². The van der Waals surface area contributed by atoms with E-state index in [0.717, 1.165) is 18.3 Å². The van der Waals surface area contributed by atoms with Gasteiger partial charge in [0, 0.05) is 17.7 Å². The molecule has 2 rings (SSSR count). The minimum atomic E-state index is -4.80. The fourth-order valence-electron chi connectivity index (χ4n) is 1.91. The molecule has 10 heteroatoms. The lowest BCUT2D eigenvalue weighted by Crippen LogP contribution is -2.09. The molecule has 0 saturated heterocycles. The number of rotatable bonds is 5. The standard InChI is InChI=1S/C15H12F3N3O4/c1-25-11-3-5-14(22)9(6-11)8-19-20-13-4-2-10(21(23)24)7-12(13)15(16,17)18/h2-8,20,22H,1H3/b19-8-. The van der Waals surface area contributed by atoms with E-state index >= 15 is 0 Å². The average molecular weight is 355 g/mol. The van der Waals surface area contributed by atoms with Crippen molar-refractivity contribution in [1.82, 2.24) is 0 Å². The van der Waals surface area contributed by atoms with E-state index < -0.39 is 28.0 Å². The number of anilines is 1. The van der Waals surface area contributed by atoms with Crippen LogP contribution in [0.5, 0.6) is 11.5 Å². The van der Waals surface area contributed by atoms with Crippen LogP contribution in [0.4, 0.5) is 24.5 Å². The number of nitrogens with zero attached hydrogens (tertiary/aromatic N) is 2. The molecule has 7 nitrogen and oxygen atoms in total. The number of phenolic OH excluding ortho intramolecular Hbond substituents is 1. The summed E-state index contributed by atoms with van der Waals surface area (Å²) < 4.78 is 44.1. The molecule has 0 amide bonds. The first-order valence-electron chi connectivity index (χ1n) is 6.74. The lowest BCUT2D eigenvalue weighted by atomic mass is 10.1. The zero-order chi connectivity index (χ0) is 18.6. The Morgan fingerprint density at radius 1 is 1.28 bits per heavy atom. The summed E-state index contributed by atoms with van der Waals surface area (Å²) in [5, 5.41) is 24.0. The van der Waals surface area contributed by atoms with Crippen LogP contribution in [0, 0.1) is 10.1 Å². The molecule has 0 spiro atoms. The third-order valence-corrected chi connectivity index (χ3v) is 3.14. The van der Waals surface area contributed by atoms with Crippen LogP contribution >= 0.6 is 0 Å². The van der Waals surface area contributed by atoms with Gasteiger partial charge in [-0.1, -0.05) is 0 Å². The molecule has 0 aliphatic rings. The lowest BCUT2D eigenvalue weighted by Gasteiger charge is -2.11. The van der Waals surface area contributed by atoms with Crippen molar-refractivity contribution in [3.05, 3.63) is 57.6 Å². The van der Waals surface area contributed by atoms with E-state index in [1.807, 2.05) is 0 Å². The van der Waals surface area contributed by atoms with Gasteiger partial charge >= 0.3 is 6.18 Å². The first-order chi connectivity index (χ1) is 11.7. The second-order valence-electron chi connectivity index (χ2n) is 4.78. The lowest BCUT2D eigenvalue weighted by molar-refractivity contribution is -0.385. The van der Waals surface area contributed by atoms with Crippen molar-refractivity contribution in [3.63, 3.8) is 0 Å². The highest BCUT2D eigenvalue weighted by atomic mass is 19.4. The minimum absolute atomic E-state index is 0.147. The second kappa shape index (κ2) is 7.07. The van der Waals surface area contributed by atoms with Crippen molar-refractivity contribution < 1.29 is 27.9 Å². The normalized spacial score (nSPS) is 11.5.